The maximum absolute atomic E-state index is 13.5. The number of rotatable bonds is 3. The number of hydrogen-bond donors (Lipinski definition) is 0. The van der Waals surface area contributed by atoms with Crippen LogP contribution < -0.4 is 5.56 Å². The van der Waals surface area contributed by atoms with Crippen LogP contribution in [0.3, 0.4) is 0 Å². The van der Waals surface area contributed by atoms with Gasteiger partial charge in [0.25, 0.3) is 11.5 Å². The molecule has 8 heteroatoms. The van der Waals surface area contributed by atoms with Crippen molar-refractivity contribution >= 4 is 16.9 Å². The Bertz CT molecular complexity index is 1330. The Balaban J connectivity index is 1.35. The largest absolute Gasteiger partial charge is 0.334 e. The van der Waals surface area contributed by atoms with Crippen LogP contribution in [0.4, 0.5) is 4.39 Å². The van der Waals surface area contributed by atoms with Gasteiger partial charge in [-0.25, -0.2) is 9.07 Å². The van der Waals surface area contributed by atoms with Crippen LogP contribution in [0.5, 0.6) is 0 Å². The number of fused-ring (bicyclic) bond motifs is 1. The summed E-state index contributed by atoms with van der Waals surface area (Å²) in [7, 11) is 0. The number of carbonyl (C=O) groups excluding carboxylic acids is 1. The predicted octanol–water partition coefficient (Wildman–Crippen LogP) is 2.69. The lowest BCUT2D eigenvalue weighted by Gasteiger charge is -2.39. The normalized spacial score (nSPS) is 14.0. The number of aromatic nitrogens is 4. The first-order chi connectivity index (χ1) is 14.6. The Hall–Kier alpha value is -3.94. The second-order valence-electron chi connectivity index (χ2n) is 7.14. The Labute approximate surface area is 170 Å². The zero-order valence-electron chi connectivity index (χ0n) is 15.8. The zero-order chi connectivity index (χ0) is 20.7. The summed E-state index contributed by atoms with van der Waals surface area (Å²) in [5.74, 6) is -0.499. The first kappa shape index (κ1) is 18.1. The van der Waals surface area contributed by atoms with Gasteiger partial charge in [0.2, 0.25) is 0 Å². The molecule has 2 aromatic heterocycles. The van der Waals surface area contributed by atoms with Gasteiger partial charge in [-0.15, -0.1) is 0 Å². The van der Waals surface area contributed by atoms with Crippen LogP contribution in [0, 0.1) is 5.82 Å². The summed E-state index contributed by atoms with van der Waals surface area (Å²) in [5.41, 5.74) is 2.74. The summed E-state index contributed by atoms with van der Waals surface area (Å²) in [5, 5.41) is 4.39. The van der Waals surface area contributed by atoms with Crippen molar-refractivity contribution in [2.24, 2.45) is 0 Å². The number of nitrogens with zero attached hydrogens (tertiary/aromatic N) is 5. The number of halogens is 1. The molecule has 4 aromatic rings. The summed E-state index contributed by atoms with van der Waals surface area (Å²) < 4.78 is 14.9. The zero-order valence-corrected chi connectivity index (χ0v) is 15.8. The minimum Gasteiger partial charge on any atom is -0.334 e. The van der Waals surface area contributed by atoms with Crippen molar-refractivity contribution in [3.8, 4) is 11.3 Å². The maximum atomic E-state index is 13.5. The van der Waals surface area contributed by atoms with Crippen molar-refractivity contribution in [3.63, 3.8) is 0 Å². The van der Waals surface area contributed by atoms with Crippen LogP contribution in [0.1, 0.15) is 16.4 Å². The summed E-state index contributed by atoms with van der Waals surface area (Å²) in [6.45, 7) is 0.744. The van der Waals surface area contributed by atoms with Crippen molar-refractivity contribution in [1.29, 1.82) is 0 Å². The average molecular weight is 401 g/mol. The number of hydrogen-bond acceptors (Lipinski definition) is 5. The Morgan fingerprint density at radius 3 is 2.57 bits per heavy atom. The van der Waals surface area contributed by atoms with E-state index in [2.05, 4.69) is 15.1 Å². The molecule has 1 fully saturated rings. The molecule has 7 nitrogen and oxygen atoms in total. The van der Waals surface area contributed by atoms with Gasteiger partial charge >= 0.3 is 0 Å². The van der Waals surface area contributed by atoms with Gasteiger partial charge in [-0.1, -0.05) is 12.1 Å². The second kappa shape index (κ2) is 7.14. The van der Waals surface area contributed by atoms with Gasteiger partial charge in [-0.3, -0.25) is 19.6 Å². The van der Waals surface area contributed by atoms with Crippen LogP contribution in [-0.2, 0) is 0 Å². The van der Waals surface area contributed by atoms with Crippen molar-refractivity contribution in [3.05, 3.63) is 88.7 Å². The molecule has 0 saturated carbocycles. The molecule has 3 heterocycles. The van der Waals surface area contributed by atoms with E-state index < -0.39 is 0 Å². The number of likely N-dealkylation sites (tertiary alicyclic amines) is 1. The van der Waals surface area contributed by atoms with E-state index in [0.717, 1.165) is 5.52 Å². The summed E-state index contributed by atoms with van der Waals surface area (Å²) in [6, 6.07) is 14.0. The van der Waals surface area contributed by atoms with Gasteiger partial charge in [0.1, 0.15) is 5.82 Å². The summed E-state index contributed by atoms with van der Waals surface area (Å²) in [4.78, 5) is 35.2. The third-order valence-corrected chi connectivity index (χ3v) is 5.16. The van der Waals surface area contributed by atoms with Crippen LogP contribution in [0.15, 0.2) is 71.8 Å². The van der Waals surface area contributed by atoms with Gasteiger partial charge in [0.05, 0.1) is 22.8 Å². The van der Waals surface area contributed by atoms with Gasteiger partial charge < -0.3 is 4.90 Å². The molecule has 0 radical (unpaired) electrons. The first-order valence-corrected chi connectivity index (χ1v) is 9.44. The van der Waals surface area contributed by atoms with E-state index in [1.54, 1.807) is 53.7 Å². The Morgan fingerprint density at radius 1 is 0.967 bits per heavy atom. The SMILES string of the molecule is O=C(c1ccc2nccnc2c1)N1CC(n2nc(-c3cccc(F)c3)ccc2=O)C1. The molecule has 0 N–H and O–H groups in total. The molecule has 0 spiro atoms. The Morgan fingerprint density at radius 2 is 1.77 bits per heavy atom. The minimum atomic E-state index is -0.368. The van der Waals surface area contributed by atoms with E-state index in [1.807, 2.05) is 0 Å². The molecule has 1 saturated heterocycles. The van der Waals surface area contributed by atoms with Crippen LogP contribution in [0.25, 0.3) is 22.3 Å². The van der Waals surface area contributed by atoms with Gasteiger partial charge in [0, 0.05) is 42.7 Å². The highest BCUT2D eigenvalue weighted by Gasteiger charge is 2.34. The second-order valence-corrected chi connectivity index (χ2v) is 7.14. The molecule has 0 unspecified atom stereocenters. The van der Waals surface area contributed by atoms with Gasteiger partial charge in [-0.2, -0.15) is 5.10 Å². The summed E-state index contributed by atoms with van der Waals surface area (Å²) in [6.07, 6.45) is 3.19. The average Bonchev–Trinajstić information content (AvgIpc) is 2.73. The molecule has 0 bridgehead atoms. The van der Waals surface area contributed by atoms with Crippen molar-refractivity contribution < 1.29 is 9.18 Å². The molecule has 2 aromatic carbocycles. The molecule has 148 valence electrons. The fourth-order valence-electron chi connectivity index (χ4n) is 3.54. The van der Waals surface area contributed by atoms with Gasteiger partial charge in [-0.05, 0) is 36.4 Å². The lowest BCUT2D eigenvalue weighted by molar-refractivity contribution is 0.0493. The molecular formula is C22H16FN5O2. The molecule has 5 rings (SSSR count). The minimum absolute atomic E-state index is 0.131. The third kappa shape index (κ3) is 3.22. The van der Waals surface area contributed by atoms with E-state index in [9.17, 15) is 14.0 Å². The van der Waals surface area contributed by atoms with Gasteiger partial charge in [0.15, 0.2) is 0 Å². The van der Waals surface area contributed by atoms with E-state index in [0.29, 0.717) is 35.4 Å². The molecule has 1 aliphatic rings. The number of amides is 1. The smallest absolute Gasteiger partial charge is 0.267 e. The highest BCUT2D eigenvalue weighted by molar-refractivity contribution is 5.97. The molecule has 0 atom stereocenters. The number of benzene rings is 2. The summed E-state index contributed by atoms with van der Waals surface area (Å²) >= 11 is 0. The van der Waals surface area contributed by atoms with E-state index >= 15 is 0 Å². The fourth-order valence-corrected chi connectivity index (χ4v) is 3.54. The van der Waals surface area contributed by atoms with E-state index in [-0.39, 0.29) is 23.3 Å². The van der Waals surface area contributed by atoms with Crippen LogP contribution in [-0.4, -0.2) is 43.6 Å². The molecule has 0 aliphatic carbocycles. The maximum Gasteiger partial charge on any atom is 0.267 e. The molecule has 30 heavy (non-hydrogen) atoms. The quantitative estimate of drug-likeness (QED) is 0.527. The molecule has 1 aliphatic heterocycles. The monoisotopic (exact) mass is 401 g/mol. The lowest BCUT2D eigenvalue weighted by atomic mass is 10.1. The fraction of sp³-hybridized carbons (Fsp3) is 0.136. The van der Waals surface area contributed by atoms with Crippen LogP contribution in [0.2, 0.25) is 0 Å². The van der Waals surface area contributed by atoms with E-state index in [4.69, 9.17) is 0 Å². The molecule has 1 amide bonds. The van der Waals surface area contributed by atoms with Crippen molar-refractivity contribution in [2.45, 2.75) is 6.04 Å². The highest BCUT2D eigenvalue weighted by Crippen LogP contribution is 2.24. The van der Waals surface area contributed by atoms with Crippen molar-refractivity contribution in [1.82, 2.24) is 24.6 Å². The standard InChI is InChI=1S/C22H16FN5O2/c23-16-3-1-2-14(10-16)18-6-7-21(29)28(26-18)17-12-27(13-17)22(30)15-4-5-19-20(11-15)25-9-8-24-19/h1-11,17H,12-13H2. The highest BCUT2D eigenvalue weighted by atomic mass is 19.1. The Kier molecular flexibility index (Phi) is 4.31. The van der Waals surface area contributed by atoms with Crippen molar-refractivity contribution in [2.75, 3.05) is 13.1 Å². The topological polar surface area (TPSA) is 81.0 Å². The predicted molar refractivity (Wildman–Crippen MR) is 108 cm³/mol. The van der Waals surface area contributed by atoms with Crippen LogP contribution >= 0.6 is 0 Å². The molecular weight excluding hydrogens is 385 g/mol. The third-order valence-electron chi connectivity index (χ3n) is 5.16. The lowest BCUT2D eigenvalue weighted by Crippen LogP contribution is -2.53. The van der Waals surface area contributed by atoms with E-state index in [1.165, 1.54) is 22.9 Å². The number of carbonyl (C=O) groups is 1. The first-order valence-electron chi connectivity index (χ1n) is 9.44.